The Morgan fingerprint density at radius 2 is 1.95 bits per heavy atom. The maximum absolute atomic E-state index is 9.88. The molecule has 0 aliphatic carbocycles. The van der Waals surface area contributed by atoms with Gasteiger partial charge in [0.05, 0.1) is 7.11 Å². The van der Waals surface area contributed by atoms with E-state index in [0.29, 0.717) is 11.8 Å². The molecule has 1 atom stereocenters. The highest BCUT2D eigenvalue weighted by atomic mass is 35.5. The molecule has 0 aromatic heterocycles. The van der Waals surface area contributed by atoms with Gasteiger partial charge in [-0.05, 0) is 24.1 Å². The number of phenolic OH excluding ortho intramolecular Hbond substituents is 1. The van der Waals surface area contributed by atoms with Gasteiger partial charge >= 0.3 is 0 Å². The molecule has 4 nitrogen and oxygen atoms in total. The van der Waals surface area contributed by atoms with Crippen LogP contribution in [0, 0.1) is 0 Å². The van der Waals surface area contributed by atoms with Crippen molar-refractivity contribution in [3.63, 3.8) is 0 Å². The molecule has 0 unspecified atom stereocenters. The number of piperazine rings is 1. The first kappa shape index (κ1) is 19.3. The molecule has 1 aromatic carbocycles. The highest BCUT2D eigenvalue weighted by molar-refractivity contribution is 5.85. The number of hydrogen-bond acceptors (Lipinski definition) is 4. The predicted molar refractivity (Wildman–Crippen MR) is 86.6 cm³/mol. The SMILES string of the molecule is CC[C@@H](c1ccc(OC)c(O)c1)N1CCNCC1.Cl.Cl. The number of halogens is 2. The molecule has 1 saturated heterocycles. The molecule has 1 aliphatic heterocycles. The van der Waals surface area contributed by atoms with Gasteiger partial charge in [0, 0.05) is 32.2 Å². The molecule has 1 heterocycles. The fourth-order valence-corrected chi connectivity index (χ4v) is 2.61. The van der Waals surface area contributed by atoms with Crippen LogP contribution in [0.3, 0.4) is 0 Å². The van der Waals surface area contributed by atoms with E-state index in [0.717, 1.165) is 38.2 Å². The maximum atomic E-state index is 9.88. The zero-order valence-electron chi connectivity index (χ0n) is 12.0. The standard InChI is InChI=1S/C14H22N2O2.2ClH/c1-3-12(16-8-6-15-7-9-16)11-4-5-14(18-2)13(17)10-11;;/h4-5,10,12,15,17H,3,6-9H2,1-2H3;2*1H/t12-;;/m0../s1. The van der Waals surface area contributed by atoms with Crippen molar-refractivity contribution < 1.29 is 9.84 Å². The van der Waals surface area contributed by atoms with Gasteiger partial charge in [0.2, 0.25) is 0 Å². The summed E-state index contributed by atoms with van der Waals surface area (Å²) < 4.78 is 5.09. The summed E-state index contributed by atoms with van der Waals surface area (Å²) in [5, 5.41) is 13.2. The number of methoxy groups -OCH3 is 1. The molecule has 2 rings (SSSR count). The highest BCUT2D eigenvalue weighted by Gasteiger charge is 2.21. The van der Waals surface area contributed by atoms with Gasteiger partial charge in [0.1, 0.15) is 0 Å². The van der Waals surface area contributed by atoms with Crippen molar-refractivity contribution >= 4 is 24.8 Å². The Morgan fingerprint density at radius 1 is 1.30 bits per heavy atom. The number of ether oxygens (including phenoxy) is 1. The van der Waals surface area contributed by atoms with Crippen LogP contribution >= 0.6 is 24.8 Å². The highest BCUT2D eigenvalue weighted by Crippen LogP contribution is 2.32. The Balaban J connectivity index is 0.00000180. The van der Waals surface area contributed by atoms with Crippen molar-refractivity contribution in [2.24, 2.45) is 0 Å². The Kier molecular flexibility index (Phi) is 8.98. The third-order valence-corrected chi connectivity index (χ3v) is 3.57. The van der Waals surface area contributed by atoms with Crippen LogP contribution in [-0.2, 0) is 0 Å². The van der Waals surface area contributed by atoms with Crippen LogP contribution in [0.5, 0.6) is 11.5 Å². The quantitative estimate of drug-likeness (QED) is 0.894. The molecule has 0 amide bonds. The number of nitrogens with zero attached hydrogens (tertiary/aromatic N) is 1. The van der Waals surface area contributed by atoms with E-state index in [1.165, 1.54) is 0 Å². The number of phenols is 1. The van der Waals surface area contributed by atoms with Crippen molar-refractivity contribution in [2.75, 3.05) is 33.3 Å². The van der Waals surface area contributed by atoms with Crippen LogP contribution in [0.1, 0.15) is 24.9 Å². The summed E-state index contributed by atoms with van der Waals surface area (Å²) in [6, 6.07) is 6.10. The zero-order valence-corrected chi connectivity index (χ0v) is 13.6. The normalized spacial score (nSPS) is 16.7. The number of hydrogen-bond donors (Lipinski definition) is 2. The van der Waals surface area contributed by atoms with E-state index in [9.17, 15) is 5.11 Å². The fourth-order valence-electron chi connectivity index (χ4n) is 2.61. The summed E-state index contributed by atoms with van der Waals surface area (Å²) in [4.78, 5) is 2.47. The summed E-state index contributed by atoms with van der Waals surface area (Å²) >= 11 is 0. The third-order valence-electron chi connectivity index (χ3n) is 3.57. The van der Waals surface area contributed by atoms with Gasteiger partial charge in [0.15, 0.2) is 11.5 Å². The zero-order chi connectivity index (χ0) is 13.0. The van der Waals surface area contributed by atoms with Crippen LogP contribution in [0.15, 0.2) is 18.2 Å². The molecule has 0 bridgehead atoms. The Morgan fingerprint density at radius 3 is 2.45 bits per heavy atom. The molecule has 6 heteroatoms. The van der Waals surface area contributed by atoms with Gasteiger partial charge in [-0.15, -0.1) is 24.8 Å². The van der Waals surface area contributed by atoms with Crippen LogP contribution in [-0.4, -0.2) is 43.3 Å². The molecule has 0 spiro atoms. The second-order valence-corrected chi connectivity index (χ2v) is 4.64. The van der Waals surface area contributed by atoms with Crippen molar-refractivity contribution in [1.82, 2.24) is 10.2 Å². The van der Waals surface area contributed by atoms with Crippen molar-refractivity contribution in [1.29, 1.82) is 0 Å². The largest absolute Gasteiger partial charge is 0.504 e. The smallest absolute Gasteiger partial charge is 0.160 e. The molecule has 116 valence electrons. The minimum absolute atomic E-state index is 0. The number of rotatable bonds is 4. The number of benzene rings is 1. The summed E-state index contributed by atoms with van der Waals surface area (Å²) in [5.41, 5.74) is 1.16. The molecule has 1 fully saturated rings. The van der Waals surface area contributed by atoms with Gasteiger partial charge in [0.25, 0.3) is 0 Å². The second kappa shape index (κ2) is 9.29. The van der Waals surface area contributed by atoms with Gasteiger partial charge < -0.3 is 15.2 Å². The van der Waals surface area contributed by atoms with Gasteiger partial charge in [-0.25, -0.2) is 0 Å². The minimum Gasteiger partial charge on any atom is -0.504 e. The molecule has 20 heavy (non-hydrogen) atoms. The summed E-state index contributed by atoms with van der Waals surface area (Å²) in [7, 11) is 1.57. The van der Waals surface area contributed by atoms with Crippen LogP contribution in [0.25, 0.3) is 0 Å². The Hall–Kier alpha value is -0.680. The lowest BCUT2D eigenvalue weighted by molar-refractivity contribution is 0.169. The molecule has 1 aromatic rings. The lowest BCUT2D eigenvalue weighted by atomic mass is 10.0. The van der Waals surface area contributed by atoms with E-state index in [1.807, 2.05) is 12.1 Å². The van der Waals surface area contributed by atoms with Crippen molar-refractivity contribution in [2.45, 2.75) is 19.4 Å². The minimum atomic E-state index is 0. The van der Waals surface area contributed by atoms with Crippen LogP contribution < -0.4 is 10.1 Å². The fraction of sp³-hybridized carbons (Fsp3) is 0.571. The number of nitrogens with one attached hydrogen (secondary N) is 1. The van der Waals surface area contributed by atoms with Gasteiger partial charge in [-0.2, -0.15) is 0 Å². The van der Waals surface area contributed by atoms with E-state index >= 15 is 0 Å². The average Bonchev–Trinajstić information content (AvgIpc) is 2.41. The third kappa shape index (κ3) is 4.42. The summed E-state index contributed by atoms with van der Waals surface area (Å²) in [6.45, 7) is 6.39. The van der Waals surface area contributed by atoms with E-state index in [-0.39, 0.29) is 30.6 Å². The van der Waals surface area contributed by atoms with Crippen LogP contribution in [0.2, 0.25) is 0 Å². The van der Waals surface area contributed by atoms with Crippen LogP contribution in [0.4, 0.5) is 0 Å². The first-order chi connectivity index (χ1) is 8.76. The average molecular weight is 323 g/mol. The Labute approximate surface area is 133 Å². The van der Waals surface area contributed by atoms with E-state index in [4.69, 9.17) is 4.74 Å². The molecular weight excluding hydrogens is 299 g/mol. The number of aromatic hydroxyl groups is 1. The Bertz CT molecular complexity index is 399. The first-order valence-electron chi connectivity index (χ1n) is 6.58. The van der Waals surface area contributed by atoms with E-state index in [1.54, 1.807) is 7.11 Å². The van der Waals surface area contributed by atoms with Crippen molar-refractivity contribution in [3.05, 3.63) is 23.8 Å². The van der Waals surface area contributed by atoms with Gasteiger partial charge in [-0.3, -0.25) is 4.90 Å². The first-order valence-corrected chi connectivity index (χ1v) is 6.58. The predicted octanol–water partition coefficient (Wildman–Crippen LogP) is 2.60. The van der Waals surface area contributed by atoms with E-state index in [2.05, 4.69) is 23.2 Å². The molecular formula is C14H24Cl2N2O2. The topological polar surface area (TPSA) is 44.7 Å². The maximum Gasteiger partial charge on any atom is 0.160 e. The molecule has 2 N–H and O–H groups in total. The lowest BCUT2D eigenvalue weighted by Crippen LogP contribution is -2.45. The monoisotopic (exact) mass is 322 g/mol. The van der Waals surface area contributed by atoms with E-state index < -0.39 is 0 Å². The second-order valence-electron chi connectivity index (χ2n) is 4.64. The van der Waals surface area contributed by atoms with Crippen molar-refractivity contribution in [3.8, 4) is 11.5 Å². The molecule has 0 radical (unpaired) electrons. The lowest BCUT2D eigenvalue weighted by Gasteiger charge is -2.34. The van der Waals surface area contributed by atoms with Gasteiger partial charge in [-0.1, -0.05) is 13.0 Å². The summed E-state index contributed by atoms with van der Waals surface area (Å²) in [6.07, 6.45) is 1.05. The summed E-state index contributed by atoms with van der Waals surface area (Å²) in [5.74, 6) is 0.762. The molecule has 0 saturated carbocycles. The molecule has 1 aliphatic rings.